The second-order valence-electron chi connectivity index (χ2n) is 4.85. The lowest BCUT2D eigenvalue weighted by molar-refractivity contribution is -0.384. The van der Waals surface area contributed by atoms with Gasteiger partial charge in [-0.1, -0.05) is 22.0 Å². The first-order valence-corrected chi connectivity index (χ1v) is 7.15. The lowest BCUT2D eigenvalue weighted by atomic mass is 10.1. The Labute approximate surface area is 124 Å². The fourth-order valence-electron chi connectivity index (χ4n) is 2.25. The molecule has 7 heteroatoms. The zero-order chi connectivity index (χ0) is 14.7. The van der Waals surface area contributed by atoms with E-state index in [0.29, 0.717) is 23.1 Å². The van der Waals surface area contributed by atoms with Crippen LogP contribution >= 0.6 is 15.9 Å². The Kier molecular flexibility index (Phi) is 4.72. The summed E-state index contributed by atoms with van der Waals surface area (Å²) in [6, 6.07) is 4.37. The second kappa shape index (κ2) is 6.32. The number of piperidine rings is 1. The summed E-state index contributed by atoms with van der Waals surface area (Å²) in [5.74, 6) is -0.0710. The van der Waals surface area contributed by atoms with Gasteiger partial charge in [-0.15, -0.1) is 0 Å². The zero-order valence-electron chi connectivity index (χ0n) is 10.8. The van der Waals surface area contributed by atoms with Crippen molar-refractivity contribution < 1.29 is 14.8 Å². The van der Waals surface area contributed by atoms with Gasteiger partial charge >= 0.3 is 0 Å². The van der Waals surface area contributed by atoms with Crippen LogP contribution in [0.2, 0.25) is 0 Å². The number of benzene rings is 1. The lowest BCUT2D eigenvalue weighted by Crippen LogP contribution is -2.42. The molecule has 1 aliphatic heterocycles. The van der Waals surface area contributed by atoms with Gasteiger partial charge in [0.05, 0.1) is 17.4 Å². The highest BCUT2D eigenvalue weighted by atomic mass is 79.9. The third-order valence-electron chi connectivity index (χ3n) is 3.34. The van der Waals surface area contributed by atoms with Crippen LogP contribution in [-0.4, -0.2) is 40.0 Å². The van der Waals surface area contributed by atoms with Gasteiger partial charge in [-0.25, -0.2) is 0 Å². The molecule has 1 amide bonds. The second-order valence-corrected chi connectivity index (χ2v) is 5.70. The Bertz CT molecular complexity index is 535. The van der Waals surface area contributed by atoms with Gasteiger partial charge in [-0.05, 0) is 18.4 Å². The van der Waals surface area contributed by atoms with Crippen LogP contribution in [0.1, 0.15) is 18.4 Å². The molecule has 1 fully saturated rings. The molecule has 108 valence electrons. The first-order valence-electron chi connectivity index (χ1n) is 6.36. The molecular formula is C13H15BrN2O4. The number of carbonyl (C=O) groups excluding carboxylic acids is 1. The van der Waals surface area contributed by atoms with Crippen LogP contribution in [0, 0.1) is 10.1 Å². The van der Waals surface area contributed by atoms with Crippen LogP contribution in [0.5, 0.6) is 0 Å². The van der Waals surface area contributed by atoms with E-state index in [0.717, 1.165) is 12.8 Å². The summed E-state index contributed by atoms with van der Waals surface area (Å²) in [6.45, 7) is 1.02. The molecule has 6 nitrogen and oxygen atoms in total. The topological polar surface area (TPSA) is 83.7 Å². The fourth-order valence-corrected chi connectivity index (χ4v) is 2.76. The summed E-state index contributed by atoms with van der Waals surface area (Å²) in [7, 11) is 0. The van der Waals surface area contributed by atoms with Crippen molar-refractivity contribution in [1.29, 1.82) is 0 Å². The molecule has 0 radical (unpaired) electrons. The molecule has 1 aliphatic rings. The minimum Gasteiger partial charge on any atom is -0.391 e. The highest BCUT2D eigenvalue weighted by Gasteiger charge is 2.22. The number of halogens is 1. The number of carbonyl (C=O) groups is 1. The van der Waals surface area contributed by atoms with Gasteiger partial charge < -0.3 is 10.0 Å². The molecule has 2 rings (SSSR count). The molecule has 0 saturated carbocycles. The minimum atomic E-state index is -0.475. The van der Waals surface area contributed by atoms with E-state index < -0.39 is 11.0 Å². The van der Waals surface area contributed by atoms with Gasteiger partial charge in [-0.2, -0.15) is 0 Å². The fraction of sp³-hybridized carbons (Fsp3) is 0.462. The van der Waals surface area contributed by atoms with Crippen molar-refractivity contribution in [3.05, 3.63) is 38.3 Å². The van der Waals surface area contributed by atoms with E-state index in [1.807, 2.05) is 0 Å². The molecule has 1 N–H and O–H groups in total. The van der Waals surface area contributed by atoms with Crippen LogP contribution < -0.4 is 0 Å². The standard InChI is InChI=1S/C13H15BrN2O4/c14-12-7-10(16(19)20)4-3-9(12)6-13(18)15-5-1-2-11(17)8-15/h3-4,7,11,17H,1-2,5-6,8H2. The van der Waals surface area contributed by atoms with Crippen molar-refractivity contribution in [3.63, 3.8) is 0 Å². The Hall–Kier alpha value is -1.47. The number of hydrogen-bond acceptors (Lipinski definition) is 4. The number of nitrogens with zero attached hydrogens (tertiary/aromatic N) is 2. The number of amides is 1. The minimum absolute atomic E-state index is 0.0125. The smallest absolute Gasteiger partial charge is 0.270 e. The van der Waals surface area contributed by atoms with E-state index in [9.17, 15) is 20.0 Å². The average Bonchev–Trinajstić information content (AvgIpc) is 2.40. The first kappa shape index (κ1) is 14.9. The van der Waals surface area contributed by atoms with E-state index in [-0.39, 0.29) is 18.0 Å². The maximum atomic E-state index is 12.1. The normalized spacial score (nSPS) is 18.9. The maximum absolute atomic E-state index is 12.1. The Morgan fingerprint density at radius 3 is 2.90 bits per heavy atom. The van der Waals surface area contributed by atoms with Crippen molar-refractivity contribution in [2.75, 3.05) is 13.1 Å². The van der Waals surface area contributed by atoms with E-state index in [1.54, 1.807) is 11.0 Å². The Morgan fingerprint density at radius 1 is 1.55 bits per heavy atom. The summed E-state index contributed by atoms with van der Waals surface area (Å²) < 4.78 is 0.553. The Balaban J connectivity index is 2.06. The summed E-state index contributed by atoms with van der Waals surface area (Å²) in [5.41, 5.74) is 0.696. The van der Waals surface area contributed by atoms with Gasteiger partial charge in [0.1, 0.15) is 0 Å². The van der Waals surface area contributed by atoms with Crippen molar-refractivity contribution >= 4 is 27.5 Å². The molecule has 0 spiro atoms. The number of nitro groups is 1. The van der Waals surface area contributed by atoms with Crippen molar-refractivity contribution in [2.24, 2.45) is 0 Å². The number of likely N-dealkylation sites (tertiary alicyclic amines) is 1. The van der Waals surface area contributed by atoms with Gasteiger partial charge in [0.25, 0.3) is 5.69 Å². The third kappa shape index (κ3) is 3.55. The molecule has 1 heterocycles. The molecular weight excluding hydrogens is 328 g/mol. The predicted molar refractivity (Wildman–Crippen MR) is 76.3 cm³/mol. The lowest BCUT2D eigenvalue weighted by Gasteiger charge is -2.30. The number of nitro benzene ring substituents is 1. The summed E-state index contributed by atoms with van der Waals surface area (Å²) in [4.78, 5) is 24.0. The number of hydrogen-bond donors (Lipinski definition) is 1. The summed E-state index contributed by atoms with van der Waals surface area (Å²) in [5, 5.41) is 20.2. The van der Waals surface area contributed by atoms with Crippen LogP contribution in [-0.2, 0) is 11.2 Å². The molecule has 0 aliphatic carbocycles. The SMILES string of the molecule is O=C(Cc1ccc([N+](=O)[O-])cc1Br)N1CCCC(O)C1. The average molecular weight is 343 g/mol. The number of aliphatic hydroxyl groups excluding tert-OH is 1. The van der Waals surface area contributed by atoms with Crippen molar-refractivity contribution in [2.45, 2.75) is 25.4 Å². The van der Waals surface area contributed by atoms with Crippen LogP contribution in [0.4, 0.5) is 5.69 Å². The molecule has 0 aromatic heterocycles. The van der Waals surface area contributed by atoms with Crippen LogP contribution in [0.15, 0.2) is 22.7 Å². The van der Waals surface area contributed by atoms with E-state index >= 15 is 0 Å². The van der Waals surface area contributed by atoms with Gasteiger partial charge in [0.2, 0.25) is 5.91 Å². The van der Waals surface area contributed by atoms with E-state index in [1.165, 1.54) is 12.1 Å². The Morgan fingerprint density at radius 2 is 2.30 bits per heavy atom. The van der Waals surface area contributed by atoms with Crippen molar-refractivity contribution in [1.82, 2.24) is 4.90 Å². The summed E-state index contributed by atoms with van der Waals surface area (Å²) in [6.07, 6.45) is 1.25. The summed E-state index contributed by atoms with van der Waals surface area (Å²) >= 11 is 3.26. The third-order valence-corrected chi connectivity index (χ3v) is 4.08. The molecule has 1 aromatic carbocycles. The molecule has 0 bridgehead atoms. The van der Waals surface area contributed by atoms with Crippen LogP contribution in [0.3, 0.4) is 0 Å². The number of rotatable bonds is 3. The highest BCUT2D eigenvalue weighted by molar-refractivity contribution is 9.10. The number of non-ortho nitro benzene ring substituents is 1. The zero-order valence-corrected chi connectivity index (χ0v) is 12.4. The number of aliphatic hydroxyl groups is 1. The molecule has 1 aromatic rings. The molecule has 1 saturated heterocycles. The van der Waals surface area contributed by atoms with Crippen LogP contribution in [0.25, 0.3) is 0 Å². The predicted octanol–water partition coefficient (Wildman–Crippen LogP) is 1.88. The van der Waals surface area contributed by atoms with Gasteiger partial charge in [0, 0.05) is 29.7 Å². The largest absolute Gasteiger partial charge is 0.391 e. The van der Waals surface area contributed by atoms with Crippen molar-refractivity contribution in [3.8, 4) is 0 Å². The maximum Gasteiger partial charge on any atom is 0.270 e. The molecule has 1 unspecified atom stereocenters. The van der Waals surface area contributed by atoms with Gasteiger partial charge in [-0.3, -0.25) is 14.9 Å². The highest BCUT2D eigenvalue weighted by Crippen LogP contribution is 2.24. The molecule has 1 atom stereocenters. The van der Waals surface area contributed by atoms with Gasteiger partial charge in [0.15, 0.2) is 0 Å². The van der Waals surface area contributed by atoms with E-state index in [2.05, 4.69) is 15.9 Å². The quantitative estimate of drug-likeness (QED) is 0.671. The monoisotopic (exact) mass is 342 g/mol. The van der Waals surface area contributed by atoms with E-state index in [4.69, 9.17) is 0 Å². The first-order chi connectivity index (χ1) is 9.47. The number of β-amino-alcohol motifs (C(OH)–C–C–N with tert-alkyl or cyclic N) is 1. The molecule has 20 heavy (non-hydrogen) atoms.